The lowest BCUT2D eigenvalue weighted by atomic mass is 10.2. The van der Waals surface area contributed by atoms with E-state index in [1.807, 2.05) is 20.8 Å². The monoisotopic (exact) mass is 381 g/mol. The Morgan fingerprint density at radius 1 is 1.16 bits per heavy atom. The molecule has 2 aromatic rings. The Balaban J connectivity index is 2.18. The van der Waals surface area contributed by atoms with Crippen molar-refractivity contribution in [1.29, 1.82) is 0 Å². The Morgan fingerprint density at radius 3 is 2.24 bits per heavy atom. The minimum Gasteiger partial charge on any atom is -0.339 e. The third-order valence-corrected chi connectivity index (χ3v) is 6.62. The van der Waals surface area contributed by atoms with Crippen LogP contribution in [0.1, 0.15) is 34.1 Å². The van der Waals surface area contributed by atoms with E-state index in [4.69, 9.17) is 0 Å². The highest BCUT2D eigenvalue weighted by Crippen LogP contribution is 2.20. The molecule has 0 aliphatic carbocycles. The molecule has 6 nitrogen and oxygen atoms in total. The number of benzene rings is 1. The van der Waals surface area contributed by atoms with Crippen LogP contribution in [-0.4, -0.2) is 48.7 Å². The molecule has 1 aromatic carbocycles. The number of hydrogen-bond donors (Lipinski definition) is 0. The quantitative estimate of drug-likeness (QED) is 0.739. The average molecular weight is 382 g/mol. The van der Waals surface area contributed by atoms with Crippen molar-refractivity contribution >= 4 is 27.3 Å². The number of nitrogens with zero attached hydrogens (tertiary/aromatic N) is 3. The summed E-state index contributed by atoms with van der Waals surface area (Å²) in [5, 5.41) is 0.903. The molecule has 0 spiro atoms. The maximum Gasteiger partial charge on any atom is 0.253 e. The molecule has 0 unspecified atom stereocenters. The number of sulfonamides is 1. The van der Waals surface area contributed by atoms with Crippen LogP contribution >= 0.6 is 11.3 Å². The number of carbonyl (C=O) groups excluding carboxylic acids is 1. The highest BCUT2D eigenvalue weighted by atomic mass is 32.2. The fourth-order valence-electron chi connectivity index (χ4n) is 2.43. The van der Waals surface area contributed by atoms with Crippen LogP contribution in [0.4, 0.5) is 0 Å². The van der Waals surface area contributed by atoms with Gasteiger partial charge in [0.15, 0.2) is 0 Å². The number of carbonyl (C=O) groups is 1. The lowest BCUT2D eigenvalue weighted by molar-refractivity contribution is 0.0773. The van der Waals surface area contributed by atoms with Gasteiger partial charge in [0, 0.05) is 43.3 Å². The van der Waals surface area contributed by atoms with Crippen molar-refractivity contribution in [1.82, 2.24) is 14.2 Å². The minimum absolute atomic E-state index is 0.0950. The van der Waals surface area contributed by atoms with Gasteiger partial charge in [-0.15, -0.1) is 11.3 Å². The third kappa shape index (κ3) is 4.45. The summed E-state index contributed by atoms with van der Waals surface area (Å²) in [4.78, 5) is 19.2. The van der Waals surface area contributed by atoms with Crippen LogP contribution in [0.3, 0.4) is 0 Å². The second-order valence-electron chi connectivity index (χ2n) is 5.61. The molecule has 0 aliphatic heterocycles. The van der Waals surface area contributed by atoms with E-state index in [9.17, 15) is 13.2 Å². The van der Waals surface area contributed by atoms with E-state index in [2.05, 4.69) is 4.98 Å². The zero-order valence-corrected chi connectivity index (χ0v) is 16.5. The number of aromatic nitrogens is 1. The first-order valence-electron chi connectivity index (χ1n) is 8.06. The number of rotatable bonds is 7. The molecule has 25 heavy (non-hydrogen) atoms. The SMILES string of the molecule is CCN(CC)C(=O)c1ccc(S(=O)(=O)N(C)Cc2cnc(C)s2)cc1. The van der Waals surface area contributed by atoms with E-state index >= 15 is 0 Å². The van der Waals surface area contributed by atoms with Crippen LogP contribution in [0, 0.1) is 6.92 Å². The third-order valence-electron chi connectivity index (χ3n) is 3.91. The lowest BCUT2D eigenvalue weighted by Crippen LogP contribution is -2.30. The number of aryl methyl sites for hydroxylation is 1. The Hall–Kier alpha value is -1.77. The van der Waals surface area contributed by atoms with Crippen LogP contribution in [0.2, 0.25) is 0 Å². The number of thiazole rings is 1. The molecule has 0 saturated carbocycles. The Kier molecular flexibility index (Phi) is 6.31. The van der Waals surface area contributed by atoms with Crippen molar-refractivity contribution in [3.8, 4) is 0 Å². The Morgan fingerprint density at radius 2 is 1.76 bits per heavy atom. The van der Waals surface area contributed by atoms with Gasteiger partial charge >= 0.3 is 0 Å². The summed E-state index contributed by atoms with van der Waals surface area (Å²) in [6, 6.07) is 6.11. The van der Waals surface area contributed by atoms with Crippen LogP contribution in [0.15, 0.2) is 35.4 Å². The smallest absolute Gasteiger partial charge is 0.253 e. The topological polar surface area (TPSA) is 70.6 Å². The van der Waals surface area contributed by atoms with E-state index in [0.717, 1.165) is 9.88 Å². The van der Waals surface area contributed by atoms with E-state index in [0.29, 0.717) is 18.7 Å². The first-order valence-corrected chi connectivity index (χ1v) is 10.3. The van der Waals surface area contributed by atoms with Gasteiger partial charge in [0.2, 0.25) is 10.0 Å². The van der Waals surface area contributed by atoms with E-state index in [-0.39, 0.29) is 17.3 Å². The zero-order valence-electron chi connectivity index (χ0n) is 14.9. The molecule has 0 radical (unpaired) electrons. The van der Waals surface area contributed by atoms with Gasteiger partial charge in [0.1, 0.15) is 0 Å². The van der Waals surface area contributed by atoms with Crippen molar-refractivity contribution in [2.75, 3.05) is 20.1 Å². The second-order valence-corrected chi connectivity index (χ2v) is 8.97. The predicted octanol–water partition coefficient (Wildman–Crippen LogP) is 2.75. The fourth-order valence-corrected chi connectivity index (χ4v) is 4.50. The first-order chi connectivity index (χ1) is 11.8. The van der Waals surface area contributed by atoms with Gasteiger partial charge in [0.05, 0.1) is 9.90 Å². The summed E-state index contributed by atoms with van der Waals surface area (Å²) < 4.78 is 26.7. The van der Waals surface area contributed by atoms with Crippen molar-refractivity contribution in [3.05, 3.63) is 45.9 Å². The van der Waals surface area contributed by atoms with Gasteiger partial charge < -0.3 is 4.90 Å². The van der Waals surface area contributed by atoms with Gasteiger partial charge in [-0.3, -0.25) is 4.79 Å². The number of hydrogen-bond acceptors (Lipinski definition) is 5. The normalized spacial score (nSPS) is 11.7. The molecule has 0 N–H and O–H groups in total. The maximum absolute atomic E-state index is 12.7. The molecule has 0 aliphatic rings. The summed E-state index contributed by atoms with van der Waals surface area (Å²) in [5.41, 5.74) is 0.489. The lowest BCUT2D eigenvalue weighted by Gasteiger charge is -2.19. The van der Waals surface area contributed by atoms with Crippen molar-refractivity contribution in [2.45, 2.75) is 32.2 Å². The van der Waals surface area contributed by atoms with Crippen LogP contribution < -0.4 is 0 Å². The number of amides is 1. The van der Waals surface area contributed by atoms with Gasteiger partial charge in [-0.05, 0) is 45.0 Å². The van der Waals surface area contributed by atoms with Gasteiger partial charge in [-0.2, -0.15) is 4.31 Å². The molecule has 1 aromatic heterocycles. The highest BCUT2D eigenvalue weighted by Gasteiger charge is 2.22. The van der Waals surface area contributed by atoms with Crippen LogP contribution in [-0.2, 0) is 16.6 Å². The van der Waals surface area contributed by atoms with Crippen molar-refractivity contribution in [3.63, 3.8) is 0 Å². The molecule has 8 heteroatoms. The summed E-state index contributed by atoms with van der Waals surface area (Å²) in [5.74, 6) is -0.0950. The van der Waals surface area contributed by atoms with Crippen LogP contribution in [0.5, 0.6) is 0 Å². The highest BCUT2D eigenvalue weighted by molar-refractivity contribution is 7.89. The molecule has 0 bridgehead atoms. The molecule has 0 fully saturated rings. The second kappa shape index (κ2) is 8.07. The van der Waals surface area contributed by atoms with Gasteiger partial charge in [-0.1, -0.05) is 0 Å². The largest absolute Gasteiger partial charge is 0.339 e. The molecule has 136 valence electrons. The van der Waals surface area contributed by atoms with E-state index < -0.39 is 10.0 Å². The van der Waals surface area contributed by atoms with Gasteiger partial charge in [0.25, 0.3) is 5.91 Å². The summed E-state index contributed by atoms with van der Waals surface area (Å²) >= 11 is 1.47. The molecule has 0 saturated heterocycles. The molecular formula is C17H23N3O3S2. The molecule has 0 atom stereocenters. The molecule has 1 heterocycles. The zero-order chi connectivity index (χ0) is 18.6. The van der Waals surface area contributed by atoms with Crippen molar-refractivity contribution in [2.24, 2.45) is 0 Å². The van der Waals surface area contributed by atoms with E-state index in [1.54, 1.807) is 30.3 Å². The standard InChI is InChI=1S/C17H23N3O3S2/c1-5-20(6-2)17(21)14-7-9-16(10-8-14)25(22,23)19(4)12-15-11-18-13(3)24-15/h7-11H,5-6,12H2,1-4H3. The Labute approximate surface area is 153 Å². The minimum atomic E-state index is -3.61. The summed E-state index contributed by atoms with van der Waals surface area (Å²) in [6.45, 7) is 7.22. The first kappa shape index (κ1) is 19.6. The molecule has 1 amide bonds. The van der Waals surface area contributed by atoms with E-state index in [1.165, 1.54) is 27.8 Å². The Bertz CT molecular complexity index is 825. The van der Waals surface area contributed by atoms with Gasteiger partial charge in [-0.25, -0.2) is 13.4 Å². The maximum atomic E-state index is 12.7. The predicted molar refractivity (Wildman–Crippen MR) is 99.2 cm³/mol. The average Bonchev–Trinajstić information content (AvgIpc) is 3.00. The molecule has 2 rings (SSSR count). The summed E-state index contributed by atoms with van der Waals surface area (Å²) in [7, 11) is -2.07. The molecular weight excluding hydrogens is 358 g/mol. The fraction of sp³-hybridized carbons (Fsp3) is 0.412. The van der Waals surface area contributed by atoms with Crippen LogP contribution in [0.25, 0.3) is 0 Å². The van der Waals surface area contributed by atoms with Crippen molar-refractivity contribution < 1.29 is 13.2 Å². The summed E-state index contributed by atoms with van der Waals surface area (Å²) in [6.07, 6.45) is 1.69.